The molecule has 170 valence electrons. The number of carboxylic acid groups (broad SMARTS) is 2. The third-order valence-electron chi connectivity index (χ3n) is 4.51. The van der Waals surface area contributed by atoms with E-state index in [1.165, 1.54) is 11.3 Å². The van der Waals surface area contributed by atoms with E-state index in [0.29, 0.717) is 41.0 Å². The maximum Gasteiger partial charge on any atom is 0.303 e. The van der Waals surface area contributed by atoms with Crippen molar-refractivity contribution >= 4 is 45.8 Å². The van der Waals surface area contributed by atoms with E-state index in [0.717, 1.165) is 51.4 Å². The second kappa shape index (κ2) is 16.0. The van der Waals surface area contributed by atoms with Gasteiger partial charge in [0.05, 0.1) is 10.9 Å². The van der Waals surface area contributed by atoms with Crippen LogP contribution >= 0.6 is 22.9 Å². The Morgan fingerprint density at radius 3 is 1.90 bits per heavy atom. The number of anilines is 1. The fourth-order valence-corrected chi connectivity index (χ4v) is 3.99. The minimum Gasteiger partial charge on any atom is -0.490 e. The lowest BCUT2D eigenvalue weighted by atomic mass is 10.1. The Kier molecular flexibility index (Phi) is 14.0. The van der Waals surface area contributed by atoms with E-state index in [9.17, 15) is 14.4 Å². The number of carbonyl (C=O) groups excluding carboxylic acids is 1. The molecular formula is C21H32ClNO6S. The van der Waals surface area contributed by atoms with Crippen molar-refractivity contribution in [1.29, 1.82) is 0 Å². The van der Waals surface area contributed by atoms with Crippen LogP contribution in [0, 0.1) is 0 Å². The van der Waals surface area contributed by atoms with Gasteiger partial charge in [0, 0.05) is 25.3 Å². The molecule has 0 aliphatic carbocycles. The quantitative estimate of drug-likeness (QED) is 0.232. The summed E-state index contributed by atoms with van der Waals surface area (Å²) in [6, 6.07) is 1.66. The molecule has 3 N–H and O–H groups in total. The molecule has 1 heterocycles. The molecule has 9 heteroatoms. The zero-order chi connectivity index (χ0) is 22.2. The third-order valence-corrected chi connectivity index (χ3v) is 5.67. The number of ether oxygens (including phenoxy) is 1. The Balaban J connectivity index is 2.13. The fraction of sp³-hybridized carbons (Fsp3) is 0.667. The first kappa shape index (κ1) is 26.2. The average molecular weight is 462 g/mol. The molecule has 0 bridgehead atoms. The Bertz CT molecular complexity index is 664. The van der Waals surface area contributed by atoms with Crippen molar-refractivity contribution in [3.05, 3.63) is 10.4 Å². The monoisotopic (exact) mass is 461 g/mol. The average Bonchev–Trinajstić information content (AvgIpc) is 3.01. The van der Waals surface area contributed by atoms with Gasteiger partial charge in [-0.15, -0.1) is 11.3 Å². The molecule has 0 aromatic carbocycles. The molecule has 0 unspecified atom stereocenters. The topological polar surface area (TPSA) is 113 Å². The first-order valence-corrected chi connectivity index (χ1v) is 11.7. The molecule has 0 spiro atoms. The second-order valence-corrected chi connectivity index (χ2v) is 8.90. The second-order valence-electron chi connectivity index (χ2n) is 7.21. The van der Waals surface area contributed by atoms with Crippen LogP contribution in [-0.2, 0) is 14.4 Å². The summed E-state index contributed by atoms with van der Waals surface area (Å²) in [4.78, 5) is 33.1. The van der Waals surface area contributed by atoms with Gasteiger partial charge in [-0.3, -0.25) is 14.4 Å². The largest absolute Gasteiger partial charge is 0.490 e. The van der Waals surface area contributed by atoms with Crippen LogP contribution in [0.2, 0.25) is 4.34 Å². The first-order chi connectivity index (χ1) is 14.4. The first-order valence-electron chi connectivity index (χ1n) is 10.5. The Hall–Kier alpha value is -1.80. The molecule has 0 radical (unpaired) electrons. The van der Waals surface area contributed by atoms with Gasteiger partial charge in [-0.05, 0) is 25.7 Å². The highest BCUT2D eigenvalue weighted by molar-refractivity contribution is 7.20. The van der Waals surface area contributed by atoms with Crippen LogP contribution in [0.3, 0.4) is 0 Å². The van der Waals surface area contributed by atoms with E-state index < -0.39 is 11.9 Å². The molecule has 1 rings (SSSR count). The van der Waals surface area contributed by atoms with Gasteiger partial charge in [-0.1, -0.05) is 50.1 Å². The van der Waals surface area contributed by atoms with E-state index in [2.05, 4.69) is 5.32 Å². The number of unbranched alkanes of at least 4 members (excludes halogenated alkanes) is 8. The van der Waals surface area contributed by atoms with Gasteiger partial charge in [0.25, 0.3) is 0 Å². The van der Waals surface area contributed by atoms with E-state index in [1.54, 1.807) is 6.07 Å². The van der Waals surface area contributed by atoms with E-state index in [-0.39, 0.29) is 18.7 Å². The van der Waals surface area contributed by atoms with Crippen molar-refractivity contribution in [2.75, 3.05) is 11.9 Å². The number of carbonyl (C=O) groups is 3. The number of aliphatic carboxylic acids is 2. The number of carboxylic acids is 2. The van der Waals surface area contributed by atoms with Gasteiger partial charge >= 0.3 is 11.9 Å². The summed E-state index contributed by atoms with van der Waals surface area (Å²) in [5.74, 6) is -1.10. The smallest absolute Gasteiger partial charge is 0.303 e. The normalized spacial score (nSPS) is 10.7. The van der Waals surface area contributed by atoms with Gasteiger partial charge in [0.15, 0.2) is 5.75 Å². The summed E-state index contributed by atoms with van der Waals surface area (Å²) in [5, 5.41) is 20.7. The molecule has 0 aliphatic heterocycles. The molecule has 0 atom stereocenters. The van der Waals surface area contributed by atoms with Gasteiger partial charge in [0.1, 0.15) is 5.00 Å². The molecule has 1 aromatic heterocycles. The Morgan fingerprint density at radius 1 is 0.833 bits per heavy atom. The van der Waals surface area contributed by atoms with Crippen molar-refractivity contribution < 1.29 is 29.3 Å². The Morgan fingerprint density at radius 2 is 1.33 bits per heavy atom. The molecule has 30 heavy (non-hydrogen) atoms. The molecule has 0 aliphatic rings. The number of hydrogen-bond donors (Lipinski definition) is 3. The Labute approximate surface area is 186 Å². The highest BCUT2D eigenvalue weighted by atomic mass is 35.5. The summed E-state index contributed by atoms with van der Waals surface area (Å²) in [5.41, 5.74) is 0. The zero-order valence-electron chi connectivity index (χ0n) is 17.3. The summed E-state index contributed by atoms with van der Waals surface area (Å²) < 4.78 is 6.16. The summed E-state index contributed by atoms with van der Waals surface area (Å²) >= 11 is 7.28. The molecule has 1 amide bonds. The van der Waals surface area contributed by atoms with E-state index in [1.807, 2.05) is 0 Å². The standard InChI is InChI=1S/C21H32ClNO6S/c22-17-15-16(29-14-10-9-13-20(27)28)21(30-17)23-18(24)11-7-5-3-1-2-4-6-8-12-19(25)26/h15H,1-14H2,(H,23,24)(H,25,26)(H,27,28). The predicted molar refractivity (Wildman–Crippen MR) is 119 cm³/mol. The minimum absolute atomic E-state index is 0.0714. The van der Waals surface area contributed by atoms with Crippen LogP contribution in [0.15, 0.2) is 6.07 Å². The summed E-state index contributed by atoms with van der Waals surface area (Å²) in [6.07, 6.45) is 9.81. The van der Waals surface area contributed by atoms with E-state index >= 15 is 0 Å². The van der Waals surface area contributed by atoms with E-state index in [4.69, 9.17) is 26.6 Å². The lowest BCUT2D eigenvalue weighted by molar-refractivity contribution is -0.138. The maximum atomic E-state index is 12.2. The third kappa shape index (κ3) is 13.4. The van der Waals surface area contributed by atoms with Gasteiger partial charge in [0.2, 0.25) is 5.91 Å². The number of halogens is 1. The maximum absolute atomic E-state index is 12.2. The lowest BCUT2D eigenvalue weighted by Gasteiger charge is -2.08. The SMILES string of the molecule is O=C(O)CCCCCCCCCCC(=O)Nc1sc(Cl)cc1OCCCCC(=O)O. The molecule has 7 nitrogen and oxygen atoms in total. The van der Waals surface area contributed by atoms with Crippen LogP contribution < -0.4 is 10.1 Å². The number of thiophene rings is 1. The van der Waals surface area contributed by atoms with Crippen molar-refractivity contribution in [2.45, 2.75) is 83.5 Å². The minimum atomic E-state index is -0.822. The number of nitrogens with one attached hydrogen (secondary N) is 1. The van der Waals surface area contributed by atoms with Crippen LogP contribution in [0.25, 0.3) is 0 Å². The highest BCUT2D eigenvalue weighted by Crippen LogP contribution is 2.38. The number of amides is 1. The van der Waals surface area contributed by atoms with Crippen LogP contribution in [0.4, 0.5) is 5.00 Å². The highest BCUT2D eigenvalue weighted by Gasteiger charge is 2.12. The molecule has 1 aromatic rings. The van der Waals surface area contributed by atoms with Crippen LogP contribution in [-0.4, -0.2) is 34.7 Å². The predicted octanol–water partition coefficient (Wildman–Crippen LogP) is 5.96. The van der Waals surface area contributed by atoms with Crippen molar-refractivity contribution in [1.82, 2.24) is 0 Å². The van der Waals surface area contributed by atoms with Gasteiger partial charge < -0.3 is 20.3 Å². The number of hydrogen-bond acceptors (Lipinski definition) is 5. The van der Waals surface area contributed by atoms with Crippen molar-refractivity contribution in [2.24, 2.45) is 0 Å². The van der Waals surface area contributed by atoms with Crippen LogP contribution in [0.5, 0.6) is 5.75 Å². The number of rotatable bonds is 18. The molecular weight excluding hydrogens is 430 g/mol. The molecule has 0 fully saturated rings. The van der Waals surface area contributed by atoms with Gasteiger partial charge in [-0.25, -0.2) is 0 Å². The zero-order valence-corrected chi connectivity index (χ0v) is 18.9. The molecule has 0 saturated heterocycles. The summed E-state index contributed by atoms with van der Waals surface area (Å²) in [6.45, 7) is 0.375. The van der Waals surface area contributed by atoms with Gasteiger partial charge in [-0.2, -0.15) is 0 Å². The molecule has 0 saturated carbocycles. The summed E-state index contributed by atoms with van der Waals surface area (Å²) in [7, 11) is 0. The fourth-order valence-electron chi connectivity index (χ4n) is 2.91. The lowest BCUT2D eigenvalue weighted by Crippen LogP contribution is -2.11. The van der Waals surface area contributed by atoms with Crippen molar-refractivity contribution in [3.8, 4) is 5.75 Å². The van der Waals surface area contributed by atoms with Crippen LogP contribution in [0.1, 0.15) is 83.5 Å². The van der Waals surface area contributed by atoms with Crippen molar-refractivity contribution in [3.63, 3.8) is 0 Å².